The van der Waals surface area contributed by atoms with Gasteiger partial charge >= 0.3 is 0 Å². The number of aromatic nitrogens is 6. The molecule has 0 saturated carbocycles. The van der Waals surface area contributed by atoms with Gasteiger partial charge in [-0.2, -0.15) is 4.98 Å². The quantitative estimate of drug-likeness (QED) is 0.286. The molecule has 0 N–H and O–H groups in total. The van der Waals surface area contributed by atoms with Crippen molar-refractivity contribution in [3.05, 3.63) is 78.1 Å². The monoisotopic (exact) mass is 458 g/mol. The van der Waals surface area contributed by atoms with Crippen molar-refractivity contribution in [2.45, 2.75) is 37.6 Å². The molecule has 0 amide bonds. The molecule has 5 rings (SSSR count). The van der Waals surface area contributed by atoms with Crippen LogP contribution in [-0.4, -0.2) is 29.9 Å². The molecule has 1 aromatic carbocycles. The highest BCUT2D eigenvalue weighted by Crippen LogP contribution is 2.33. The fourth-order valence-corrected chi connectivity index (χ4v) is 4.47. The number of hydrogen-bond acceptors (Lipinski definition) is 8. The molecule has 0 radical (unpaired) electrons. The molecule has 166 valence electrons. The zero-order valence-corrected chi connectivity index (χ0v) is 19.1. The molecule has 0 fully saturated rings. The van der Waals surface area contributed by atoms with Crippen LogP contribution in [0.15, 0.2) is 75.2 Å². The Labute approximate surface area is 195 Å². The summed E-state index contributed by atoms with van der Waals surface area (Å²) in [6, 6.07) is 13.9. The number of hydrogen-bond donors (Lipinski definition) is 0. The van der Waals surface area contributed by atoms with Crippen LogP contribution in [0.25, 0.3) is 28.7 Å². The molecule has 0 bridgehead atoms. The highest BCUT2D eigenvalue weighted by molar-refractivity contribution is 7.98. The van der Waals surface area contributed by atoms with Gasteiger partial charge in [-0.1, -0.05) is 49.0 Å². The van der Waals surface area contributed by atoms with Crippen LogP contribution in [-0.2, 0) is 18.6 Å². The van der Waals surface area contributed by atoms with Crippen molar-refractivity contribution in [2.75, 3.05) is 0 Å². The van der Waals surface area contributed by atoms with Gasteiger partial charge in [-0.15, -0.1) is 10.2 Å². The zero-order chi connectivity index (χ0) is 22.6. The Morgan fingerprint density at radius 3 is 2.52 bits per heavy atom. The molecule has 0 aliphatic heterocycles. The van der Waals surface area contributed by atoms with E-state index in [-0.39, 0.29) is 0 Å². The number of para-hydroxylation sites is 1. The topological polar surface area (TPSA) is 95.7 Å². The van der Waals surface area contributed by atoms with Crippen molar-refractivity contribution in [1.29, 1.82) is 0 Å². The Morgan fingerprint density at radius 2 is 1.82 bits per heavy atom. The summed E-state index contributed by atoms with van der Waals surface area (Å²) in [6.45, 7) is 4.32. The van der Waals surface area contributed by atoms with Crippen LogP contribution in [0.1, 0.15) is 30.9 Å². The first-order valence-corrected chi connectivity index (χ1v) is 11.7. The van der Waals surface area contributed by atoms with E-state index in [4.69, 9.17) is 8.94 Å². The second kappa shape index (κ2) is 9.41. The summed E-state index contributed by atoms with van der Waals surface area (Å²) in [7, 11) is 0. The van der Waals surface area contributed by atoms with Crippen LogP contribution in [0.2, 0.25) is 0 Å². The van der Waals surface area contributed by atoms with E-state index in [2.05, 4.69) is 61.9 Å². The number of furan rings is 1. The first kappa shape index (κ1) is 21.1. The van der Waals surface area contributed by atoms with Gasteiger partial charge in [0.15, 0.2) is 16.7 Å². The van der Waals surface area contributed by atoms with E-state index in [1.165, 1.54) is 22.9 Å². The van der Waals surface area contributed by atoms with Gasteiger partial charge in [0.05, 0.1) is 17.7 Å². The Balaban J connectivity index is 1.55. The van der Waals surface area contributed by atoms with Crippen molar-refractivity contribution < 1.29 is 8.94 Å². The minimum atomic E-state index is 0.428. The minimum absolute atomic E-state index is 0.428. The van der Waals surface area contributed by atoms with Gasteiger partial charge in [-0.25, -0.2) is 0 Å². The third kappa shape index (κ3) is 4.19. The Morgan fingerprint density at radius 1 is 0.970 bits per heavy atom. The van der Waals surface area contributed by atoms with Crippen LogP contribution in [0, 0.1) is 0 Å². The van der Waals surface area contributed by atoms with E-state index in [0.29, 0.717) is 23.2 Å². The number of rotatable bonds is 8. The molecular formula is C24H22N6O2S. The van der Waals surface area contributed by atoms with E-state index in [0.717, 1.165) is 35.1 Å². The van der Waals surface area contributed by atoms with Gasteiger partial charge in [0.2, 0.25) is 11.7 Å². The average Bonchev–Trinajstić information content (AvgIpc) is 3.63. The SMILES string of the molecule is CCc1cccc(CC)c1-n1c(SCc2nc(-c3ccco3)no2)nnc1-c1cccnc1. The molecule has 4 heterocycles. The maximum absolute atomic E-state index is 5.43. The van der Waals surface area contributed by atoms with E-state index in [1.807, 2.05) is 18.3 Å². The van der Waals surface area contributed by atoms with Crippen LogP contribution in [0.3, 0.4) is 0 Å². The minimum Gasteiger partial charge on any atom is -0.461 e. The molecule has 0 spiro atoms. The number of benzene rings is 1. The van der Waals surface area contributed by atoms with Crippen molar-refractivity contribution in [1.82, 2.24) is 29.9 Å². The fraction of sp³-hybridized carbons (Fsp3) is 0.208. The lowest BCUT2D eigenvalue weighted by molar-refractivity contribution is 0.390. The zero-order valence-electron chi connectivity index (χ0n) is 18.3. The first-order valence-electron chi connectivity index (χ1n) is 10.7. The molecular weight excluding hydrogens is 436 g/mol. The van der Waals surface area contributed by atoms with Gasteiger partial charge in [0, 0.05) is 18.0 Å². The average molecular weight is 459 g/mol. The van der Waals surface area contributed by atoms with Gasteiger partial charge < -0.3 is 8.94 Å². The molecule has 0 unspecified atom stereocenters. The molecule has 0 aliphatic carbocycles. The predicted octanol–water partition coefficient (Wildman–Crippen LogP) is 5.39. The Hall–Kier alpha value is -3.72. The smallest absolute Gasteiger partial charge is 0.238 e. The maximum atomic E-state index is 5.43. The van der Waals surface area contributed by atoms with Crippen molar-refractivity contribution in [3.8, 4) is 28.7 Å². The number of thioether (sulfide) groups is 1. The van der Waals surface area contributed by atoms with Gasteiger partial charge in [-0.3, -0.25) is 9.55 Å². The predicted molar refractivity (Wildman–Crippen MR) is 125 cm³/mol. The molecule has 4 aromatic heterocycles. The van der Waals surface area contributed by atoms with E-state index >= 15 is 0 Å². The van der Waals surface area contributed by atoms with Crippen molar-refractivity contribution >= 4 is 11.8 Å². The third-order valence-electron chi connectivity index (χ3n) is 5.28. The van der Waals surface area contributed by atoms with Crippen molar-refractivity contribution in [2.24, 2.45) is 0 Å². The van der Waals surface area contributed by atoms with Crippen LogP contribution in [0.5, 0.6) is 0 Å². The highest BCUT2D eigenvalue weighted by atomic mass is 32.2. The number of pyridine rings is 1. The first-order chi connectivity index (χ1) is 16.3. The summed E-state index contributed by atoms with van der Waals surface area (Å²) in [5.74, 6) is 2.69. The second-order valence-corrected chi connectivity index (χ2v) is 8.24. The Kier molecular flexibility index (Phi) is 6.03. The molecule has 0 aliphatic rings. The number of nitrogens with zero attached hydrogens (tertiary/aromatic N) is 6. The summed E-state index contributed by atoms with van der Waals surface area (Å²) in [4.78, 5) is 8.72. The fourth-order valence-electron chi connectivity index (χ4n) is 3.69. The van der Waals surface area contributed by atoms with E-state index in [1.54, 1.807) is 24.6 Å². The molecule has 8 nitrogen and oxygen atoms in total. The van der Waals surface area contributed by atoms with Crippen molar-refractivity contribution in [3.63, 3.8) is 0 Å². The molecule has 9 heteroatoms. The highest BCUT2D eigenvalue weighted by Gasteiger charge is 2.21. The lowest BCUT2D eigenvalue weighted by atomic mass is 10.0. The van der Waals surface area contributed by atoms with Crippen LogP contribution in [0.4, 0.5) is 0 Å². The largest absolute Gasteiger partial charge is 0.461 e. The van der Waals surface area contributed by atoms with Gasteiger partial charge in [-0.05, 0) is 48.2 Å². The number of aryl methyl sites for hydroxylation is 2. The summed E-state index contributed by atoms with van der Waals surface area (Å²) >= 11 is 1.50. The summed E-state index contributed by atoms with van der Waals surface area (Å²) < 4.78 is 12.9. The summed E-state index contributed by atoms with van der Waals surface area (Å²) in [6.07, 6.45) is 6.94. The molecule has 33 heavy (non-hydrogen) atoms. The molecule has 0 saturated heterocycles. The maximum Gasteiger partial charge on any atom is 0.238 e. The second-order valence-electron chi connectivity index (χ2n) is 7.29. The summed E-state index contributed by atoms with van der Waals surface area (Å²) in [5, 5.41) is 13.8. The lowest BCUT2D eigenvalue weighted by Gasteiger charge is -2.17. The third-order valence-corrected chi connectivity index (χ3v) is 6.19. The van der Waals surface area contributed by atoms with E-state index < -0.39 is 0 Å². The van der Waals surface area contributed by atoms with Gasteiger partial charge in [0.1, 0.15) is 0 Å². The summed E-state index contributed by atoms with van der Waals surface area (Å²) in [5.41, 5.74) is 4.50. The lowest BCUT2D eigenvalue weighted by Crippen LogP contribution is -2.07. The molecule has 5 aromatic rings. The molecule has 0 atom stereocenters. The van der Waals surface area contributed by atoms with Crippen LogP contribution < -0.4 is 0 Å². The Bertz CT molecular complexity index is 1320. The van der Waals surface area contributed by atoms with E-state index in [9.17, 15) is 0 Å². The standard InChI is InChI=1S/C24H22N6O2S/c1-3-16-8-5-9-17(4-2)21(16)30-23(18-10-6-12-25-14-18)27-28-24(30)33-15-20-26-22(29-32-20)19-11-7-13-31-19/h5-14H,3-4,15H2,1-2H3. The van der Waals surface area contributed by atoms with Crippen LogP contribution >= 0.6 is 11.8 Å². The van der Waals surface area contributed by atoms with Gasteiger partial charge in [0.25, 0.3) is 0 Å². The normalized spacial score (nSPS) is 11.2.